The van der Waals surface area contributed by atoms with Crippen molar-refractivity contribution in [3.8, 4) is 0 Å². The third-order valence-corrected chi connectivity index (χ3v) is 1.93. The van der Waals surface area contributed by atoms with Crippen molar-refractivity contribution in [2.45, 2.75) is 6.42 Å². The maximum atomic E-state index is 10.4. The van der Waals surface area contributed by atoms with Crippen molar-refractivity contribution in [2.24, 2.45) is 5.92 Å². The monoisotopic (exact) mass is 652 g/mol. The van der Waals surface area contributed by atoms with Gasteiger partial charge in [-0.1, -0.05) is 0 Å². The fourth-order valence-corrected chi connectivity index (χ4v) is 1.01. The molecule has 8 heteroatoms. The zero-order chi connectivity index (χ0) is 9.61. The van der Waals surface area contributed by atoms with Crippen LogP contribution in [0.15, 0.2) is 0 Å². The number of aliphatic hydroxyl groups excluding tert-OH is 2. The zero-order valence-corrected chi connectivity index (χ0v) is 18.4. The quantitative estimate of drug-likeness (QED) is 0.359. The molecule has 0 bridgehead atoms. The van der Waals surface area contributed by atoms with Crippen molar-refractivity contribution in [2.75, 3.05) is 26.1 Å². The van der Waals surface area contributed by atoms with Crippen LogP contribution in [0.2, 0.25) is 0 Å². The Morgan fingerprint density at radius 1 is 1.21 bits per heavy atom. The normalized spacial score (nSPS) is 10.6. The van der Waals surface area contributed by atoms with E-state index in [4.69, 9.17) is 10.2 Å². The van der Waals surface area contributed by atoms with Crippen molar-refractivity contribution >= 4 is 10.1 Å². The molecule has 0 aliphatic carbocycles. The molecule has 0 rings (SSSR count). The first-order chi connectivity index (χ1) is 5.49. The number of hydrogen-bond acceptors (Lipinski definition) is 5. The van der Waals surface area contributed by atoms with Crippen LogP contribution in [0, 0.1) is 94.0 Å². The SMILES string of the molecule is CS(=O)(=O)OCCC(CO)CO.[Ac].[Ac]. The summed E-state index contributed by atoms with van der Waals surface area (Å²) in [5, 5.41) is 17.2. The summed E-state index contributed by atoms with van der Waals surface area (Å²) in [7, 11) is -3.40. The Bertz CT molecular complexity index is 202. The second-order valence-corrected chi connectivity index (χ2v) is 4.19. The molecule has 2 N–H and O–H groups in total. The topological polar surface area (TPSA) is 83.8 Å². The van der Waals surface area contributed by atoms with E-state index in [2.05, 4.69) is 4.18 Å². The molecule has 0 aromatic carbocycles. The van der Waals surface area contributed by atoms with E-state index in [9.17, 15) is 8.42 Å². The Labute approximate surface area is 156 Å². The maximum Gasteiger partial charge on any atom is 0.264 e. The van der Waals surface area contributed by atoms with Crippen molar-refractivity contribution < 1.29 is 111 Å². The molecular formula is C6H14Ac2O5S. The molecule has 0 atom stereocenters. The van der Waals surface area contributed by atoms with Crippen LogP contribution in [0.3, 0.4) is 0 Å². The molecule has 0 unspecified atom stereocenters. The second kappa shape index (κ2) is 12.2. The van der Waals surface area contributed by atoms with Crippen molar-refractivity contribution in [3.05, 3.63) is 0 Å². The van der Waals surface area contributed by atoms with Crippen LogP contribution >= 0.6 is 0 Å². The standard InChI is InChI=1S/C6H14O5S.2Ac/c1-12(9,10)11-3-2-6(4-7)5-8;;/h6-8H,2-5H2,1H3;;. The minimum absolute atomic E-state index is 0. The molecule has 0 fully saturated rings. The fraction of sp³-hybridized carbons (Fsp3) is 1.00. The van der Waals surface area contributed by atoms with Gasteiger partial charge in [0, 0.05) is 107 Å². The minimum atomic E-state index is -3.40. The van der Waals surface area contributed by atoms with E-state index in [1.54, 1.807) is 0 Å². The average Bonchev–Trinajstić information content (AvgIpc) is 1.96. The van der Waals surface area contributed by atoms with Crippen LogP contribution in [0.25, 0.3) is 0 Å². The Hall–Kier alpha value is 2.71. The molecule has 0 aromatic heterocycles. The molecule has 0 spiro atoms. The van der Waals surface area contributed by atoms with Crippen molar-refractivity contribution in [1.29, 1.82) is 0 Å². The fourth-order valence-electron chi connectivity index (χ4n) is 0.606. The van der Waals surface area contributed by atoms with E-state index in [1.807, 2.05) is 0 Å². The van der Waals surface area contributed by atoms with Crippen LogP contribution in [0.4, 0.5) is 0 Å². The van der Waals surface area contributed by atoms with Crippen LogP contribution in [-0.2, 0) is 14.3 Å². The Kier molecular flexibility index (Phi) is 19.1. The first kappa shape index (κ1) is 21.9. The van der Waals surface area contributed by atoms with Crippen molar-refractivity contribution in [3.63, 3.8) is 0 Å². The van der Waals surface area contributed by atoms with Gasteiger partial charge in [0.05, 0.1) is 12.9 Å². The molecule has 80 valence electrons. The predicted molar refractivity (Wildman–Crippen MR) is 43.1 cm³/mol. The van der Waals surface area contributed by atoms with Crippen LogP contribution in [0.1, 0.15) is 6.42 Å². The summed E-state index contributed by atoms with van der Waals surface area (Å²) in [5.41, 5.74) is 0. The number of rotatable bonds is 6. The van der Waals surface area contributed by atoms with Gasteiger partial charge < -0.3 is 10.2 Å². The third kappa shape index (κ3) is 14.7. The van der Waals surface area contributed by atoms with E-state index in [-0.39, 0.29) is 114 Å². The summed E-state index contributed by atoms with van der Waals surface area (Å²) in [5.74, 6) is -0.299. The largest absolute Gasteiger partial charge is 0.396 e. The zero-order valence-electron chi connectivity index (χ0n) is 8.09. The van der Waals surface area contributed by atoms with E-state index in [1.165, 1.54) is 0 Å². The second-order valence-electron chi connectivity index (χ2n) is 2.55. The summed E-state index contributed by atoms with van der Waals surface area (Å²) in [4.78, 5) is 0. The summed E-state index contributed by atoms with van der Waals surface area (Å²) in [6, 6.07) is 0. The van der Waals surface area contributed by atoms with Gasteiger partial charge in [0.25, 0.3) is 10.1 Å². The van der Waals surface area contributed by atoms with E-state index < -0.39 is 10.1 Å². The molecule has 2 radical (unpaired) electrons. The molecule has 0 aromatic rings. The Morgan fingerprint density at radius 2 is 1.64 bits per heavy atom. The molecule has 0 saturated heterocycles. The predicted octanol–water partition coefficient (Wildman–Crippen LogP) is -1.05. The summed E-state index contributed by atoms with van der Waals surface area (Å²) in [6.07, 6.45) is 1.29. The summed E-state index contributed by atoms with van der Waals surface area (Å²) in [6.45, 7) is -0.322. The van der Waals surface area contributed by atoms with Crippen molar-refractivity contribution in [1.82, 2.24) is 0 Å². The number of aliphatic hydroxyl groups is 2. The molecule has 0 amide bonds. The molecule has 14 heavy (non-hydrogen) atoms. The smallest absolute Gasteiger partial charge is 0.264 e. The van der Waals surface area contributed by atoms with Gasteiger partial charge in [0.2, 0.25) is 0 Å². The Morgan fingerprint density at radius 3 is 1.93 bits per heavy atom. The third-order valence-electron chi connectivity index (χ3n) is 1.34. The first-order valence-electron chi connectivity index (χ1n) is 3.55. The molecule has 0 aliphatic rings. The van der Waals surface area contributed by atoms with Crippen LogP contribution < -0.4 is 0 Å². The van der Waals surface area contributed by atoms with Gasteiger partial charge in [-0.25, -0.2) is 0 Å². The first-order valence-corrected chi connectivity index (χ1v) is 5.37. The maximum absolute atomic E-state index is 10.4. The van der Waals surface area contributed by atoms with Gasteiger partial charge in [-0.05, 0) is 6.42 Å². The van der Waals surface area contributed by atoms with E-state index in [0.717, 1.165) is 6.26 Å². The van der Waals surface area contributed by atoms with Gasteiger partial charge in [-0.3, -0.25) is 4.18 Å². The molecular weight excluding hydrogens is 638 g/mol. The molecule has 0 heterocycles. The van der Waals surface area contributed by atoms with Gasteiger partial charge in [0.1, 0.15) is 0 Å². The van der Waals surface area contributed by atoms with Gasteiger partial charge >= 0.3 is 0 Å². The number of hydrogen-bond donors (Lipinski definition) is 2. The average molecular weight is 652 g/mol. The van der Waals surface area contributed by atoms with E-state index in [0.29, 0.717) is 6.42 Å². The van der Waals surface area contributed by atoms with Gasteiger partial charge in [0.15, 0.2) is 0 Å². The summed E-state index contributed by atoms with van der Waals surface area (Å²) >= 11 is 0. The molecule has 5 nitrogen and oxygen atoms in total. The molecule has 0 saturated carbocycles. The molecule has 0 aliphatic heterocycles. The summed E-state index contributed by atoms with van der Waals surface area (Å²) < 4.78 is 25.3. The van der Waals surface area contributed by atoms with E-state index >= 15 is 0 Å². The van der Waals surface area contributed by atoms with Crippen LogP contribution in [0.5, 0.6) is 0 Å². The minimum Gasteiger partial charge on any atom is -0.396 e. The van der Waals surface area contributed by atoms with Gasteiger partial charge in [-0.2, -0.15) is 8.42 Å². The van der Waals surface area contributed by atoms with Crippen LogP contribution in [-0.4, -0.2) is 44.7 Å². The van der Waals surface area contributed by atoms with Gasteiger partial charge in [-0.15, -0.1) is 0 Å². The Balaban J connectivity index is -0.000000605.